The van der Waals surface area contributed by atoms with Gasteiger partial charge >= 0.3 is 11.9 Å². The maximum absolute atomic E-state index is 12.2. The molecule has 206 valence electrons. The highest BCUT2D eigenvalue weighted by Crippen LogP contribution is 2.32. The summed E-state index contributed by atoms with van der Waals surface area (Å²) in [4.78, 5) is 24.2. The molecule has 5 rings (SSSR count). The molecule has 3 N–H and O–H groups in total. The maximum Gasteiger partial charge on any atom is 0.307 e. The molecule has 0 radical (unpaired) electrons. The van der Waals surface area contributed by atoms with Crippen LogP contribution in [0.1, 0.15) is 56.1 Å². The molecular formula is C32H39N3O4. The number of aliphatic carboxylic acids is 2. The fraction of sp³-hybridized carbons (Fsp3) is 0.469. The number of nitrogens with zero attached hydrogens (tertiary/aromatic N) is 2. The summed E-state index contributed by atoms with van der Waals surface area (Å²) in [5, 5.41) is 27.9. The van der Waals surface area contributed by atoms with Crippen molar-refractivity contribution in [3.63, 3.8) is 0 Å². The van der Waals surface area contributed by atoms with Crippen molar-refractivity contribution >= 4 is 11.9 Å². The molecular weight excluding hydrogens is 490 g/mol. The minimum absolute atomic E-state index is 0.154. The van der Waals surface area contributed by atoms with Crippen molar-refractivity contribution in [1.29, 1.82) is 0 Å². The van der Waals surface area contributed by atoms with Gasteiger partial charge in [0, 0.05) is 11.8 Å². The Labute approximate surface area is 230 Å². The topological polar surface area (TPSA) is 104 Å². The van der Waals surface area contributed by atoms with Gasteiger partial charge in [-0.15, -0.1) is 0 Å². The van der Waals surface area contributed by atoms with E-state index in [0.29, 0.717) is 12.8 Å². The summed E-state index contributed by atoms with van der Waals surface area (Å²) in [6.45, 7) is 1.64. The lowest BCUT2D eigenvalue weighted by Gasteiger charge is -2.22. The second-order valence-corrected chi connectivity index (χ2v) is 11.3. The van der Waals surface area contributed by atoms with Gasteiger partial charge in [0.05, 0.1) is 23.2 Å². The van der Waals surface area contributed by atoms with E-state index >= 15 is 0 Å². The van der Waals surface area contributed by atoms with Gasteiger partial charge in [-0.2, -0.15) is 5.10 Å². The molecule has 1 aliphatic carbocycles. The number of carbonyl (C=O) groups is 2. The third-order valence-electron chi connectivity index (χ3n) is 8.67. The van der Waals surface area contributed by atoms with E-state index in [-0.39, 0.29) is 17.8 Å². The quantitative estimate of drug-likeness (QED) is 0.295. The molecule has 1 saturated heterocycles. The van der Waals surface area contributed by atoms with Gasteiger partial charge in [-0.1, -0.05) is 56.0 Å². The Balaban J connectivity index is 1.31. The number of carboxylic acids is 2. The first kappa shape index (κ1) is 27.1. The molecule has 1 saturated carbocycles. The van der Waals surface area contributed by atoms with Crippen molar-refractivity contribution in [2.45, 2.75) is 57.8 Å². The van der Waals surface area contributed by atoms with E-state index in [0.717, 1.165) is 73.3 Å². The second-order valence-electron chi connectivity index (χ2n) is 11.3. The third kappa shape index (κ3) is 6.77. The van der Waals surface area contributed by atoms with E-state index in [9.17, 15) is 19.8 Å². The van der Waals surface area contributed by atoms with E-state index in [2.05, 4.69) is 5.32 Å². The molecule has 0 spiro atoms. The van der Waals surface area contributed by atoms with E-state index in [1.165, 1.54) is 12.8 Å². The van der Waals surface area contributed by atoms with Gasteiger partial charge in [0.25, 0.3) is 0 Å². The van der Waals surface area contributed by atoms with Crippen LogP contribution in [0.15, 0.2) is 60.8 Å². The molecule has 2 aliphatic rings. The van der Waals surface area contributed by atoms with Gasteiger partial charge in [0.2, 0.25) is 0 Å². The lowest BCUT2D eigenvalue weighted by Crippen LogP contribution is -2.27. The Hall–Kier alpha value is -3.45. The Bertz CT molecular complexity index is 1270. The molecule has 0 bridgehead atoms. The largest absolute Gasteiger partial charge is 0.481 e. The van der Waals surface area contributed by atoms with Crippen LogP contribution in [0.4, 0.5) is 0 Å². The van der Waals surface area contributed by atoms with E-state index in [1.54, 1.807) is 0 Å². The minimum atomic E-state index is -0.734. The predicted octanol–water partition coefficient (Wildman–Crippen LogP) is 5.61. The summed E-state index contributed by atoms with van der Waals surface area (Å²) in [5.74, 6) is -1.79. The normalized spacial score (nSPS) is 19.8. The lowest BCUT2D eigenvalue weighted by molar-refractivity contribution is -0.144. The average molecular weight is 530 g/mol. The standard InChI is InChI=1S/C32H39N3O4/c36-31(37)28(24-9-3-1-2-4-10-24)20-23-8-6-12-27(18-23)35-16-14-30(34-35)25-11-5-7-22(17-25)19-29(32(38)39)26-13-15-33-21-26/h5-8,11-12,14,16-18,24,26,28-29,33H,1-4,9-10,13,15,19-21H2,(H,36,37)(H,38,39). The molecule has 2 fully saturated rings. The molecule has 39 heavy (non-hydrogen) atoms. The van der Waals surface area contributed by atoms with Crippen LogP contribution in [0.25, 0.3) is 16.9 Å². The van der Waals surface area contributed by atoms with Crippen molar-refractivity contribution in [2.75, 3.05) is 13.1 Å². The van der Waals surface area contributed by atoms with Crippen LogP contribution < -0.4 is 5.32 Å². The first-order valence-electron chi connectivity index (χ1n) is 14.4. The van der Waals surface area contributed by atoms with Crippen molar-refractivity contribution < 1.29 is 19.8 Å². The Morgan fingerprint density at radius 2 is 1.51 bits per heavy atom. The third-order valence-corrected chi connectivity index (χ3v) is 8.67. The number of hydrogen-bond donors (Lipinski definition) is 3. The van der Waals surface area contributed by atoms with Gasteiger partial charge < -0.3 is 15.5 Å². The number of carboxylic acid groups (broad SMARTS) is 2. The molecule has 7 heteroatoms. The zero-order valence-electron chi connectivity index (χ0n) is 22.5. The number of aromatic nitrogens is 2. The van der Waals surface area contributed by atoms with E-state index in [1.807, 2.05) is 65.5 Å². The SMILES string of the molecule is O=C(O)C(Cc1cccc(-n2ccc(-c3cccc(CC(C(=O)O)C4CCNC4)c3)n2)c1)C1CCCCCC1. The minimum Gasteiger partial charge on any atom is -0.481 e. The van der Waals surface area contributed by atoms with Gasteiger partial charge in [-0.05, 0) is 92.4 Å². The smallest absolute Gasteiger partial charge is 0.307 e. The zero-order valence-corrected chi connectivity index (χ0v) is 22.5. The zero-order chi connectivity index (χ0) is 27.2. The lowest BCUT2D eigenvalue weighted by atomic mass is 9.82. The van der Waals surface area contributed by atoms with Gasteiger partial charge in [0.1, 0.15) is 0 Å². The molecule has 3 atom stereocenters. The van der Waals surface area contributed by atoms with Crippen LogP contribution in [0, 0.1) is 23.7 Å². The Kier molecular flexibility index (Phi) is 8.77. The maximum atomic E-state index is 12.2. The summed E-state index contributed by atoms with van der Waals surface area (Å²) < 4.78 is 1.83. The van der Waals surface area contributed by atoms with Crippen LogP contribution in [-0.4, -0.2) is 45.0 Å². The van der Waals surface area contributed by atoms with Crippen molar-refractivity contribution in [3.05, 3.63) is 71.9 Å². The number of benzene rings is 2. The summed E-state index contributed by atoms with van der Waals surface area (Å²) >= 11 is 0. The van der Waals surface area contributed by atoms with Crippen LogP contribution in [-0.2, 0) is 22.4 Å². The summed E-state index contributed by atoms with van der Waals surface area (Å²) in [5.41, 5.74) is 4.69. The highest BCUT2D eigenvalue weighted by molar-refractivity contribution is 5.71. The van der Waals surface area contributed by atoms with Gasteiger partial charge in [-0.25, -0.2) is 4.68 Å². The predicted molar refractivity (Wildman–Crippen MR) is 151 cm³/mol. The second kappa shape index (κ2) is 12.6. The monoisotopic (exact) mass is 529 g/mol. The van der Waals surface area contributed by atoms with Gasteiger partial charge in [0.15, 0.2) is 0 Å². The van der Waals surface area contributed by atoms with Crippen molar-refractivity contribution in [1.82, 2.24) is 15.1 Å². The number of rotatable bonds is 10. The fourth-order valence-corrected chi connectivity index (χ4v) is 6.46. The number of hydrogen-bond acceptors (Lipinski definition) is 4. The van der Waals surface area contributed by atoms with Crippen molar-refractivity contribution in [3.8, 4) is 16.9 Å². The summed E-state index contributed by atoms with van der Waals surface area (Å²) in [6, 6.07) is 18.0. The summed E-state index contributed by atoms with van der Waals surface area (Å²) in [6.07, 6.45) is 10.5. The molecule has 1 aliphatic heterocycles. The van der Waals surface area contributed by atoms with E-state index < -0.39 is 17.9 Å². The molecule has 2 heterocycles. The van der Waals surface area contributed by atoms with Crippen LogP contribution in [0.5, 0.6) is 0 Å². The van der Waals surface area contributed by atoms with Crippen LogP contribution >= 0.6 is 0 Å². The summed E-state index contributed by atoms with van der Waals surface area (Å²) in [7, 11) is 0. The Morgan fingerprint density at radius 1 is 0.846 bits per heavy atom. The van der Waals surface area contributed by atoms with Gasteiger partial charge in [-0.3, -0.25) is 9.59 Å². The highest BCUT2D eigenvalue weighted by Gasteiger charge is 2.31. The fourth-order valence-electron chi connectivity index (χ4n) is 6.46. The first-order valence-corrected chi connectivity index (χ1v) is 14.4. The van der Waals surface area contributed by atoms with E-state index in [4.69, 9.17) is 5.10 Å². The molecule has 1 aromatic heterocycles. The van der Waals surface area contributed by atoms with Crippen molar-refractivity contribution in [2.24, 2.45) is 23.7 Å². The Morgan fingerprint density at radius 3 is 2.18 bits per heavy atom. The molecule has 0 amide bonds. The highest BCUT2D eigenvalue weighted by atomic mass is 16.4. The van der Waals surface area contributed by atoms with Crippen LogP contribution in [0.2, 0.25) is 0 Å². The first-order chi connectivity index (χ1) is 19.0. The average Bonchev–Trinajstić information content (AvgIpc) is 3.58. The molecule has 3 aromatic rings. The molecule has 2 aromatic carbocycles. The molecule has 7 nitrogen and oxygen atoms in total. The number of nitrogens with one attached hydrogen (secondary N) is 1. The van der Waals surface area contributed by atoms with Crippen LogP contribution in [0.3, 0.4) is 0 Å². The molecule has 3 unspecified atom stereocenters.